The summed E-state index contributed by atoms with van der Waals surface area (Å²) in [5.74, 6) is 0. The second-order valence-electron chi connectivity index (χ2n) is 8.37. The minimum Gasteiger partial charge on any atom is -0.372 e. The Balaban J connectivity index is 1.84. The highest BCUT2D eigenvalue weighted by Crippen LogP contribution is 2.39. The number of carbonyl (C=O) groups excluding carboxylic acids is 1. The number of hydrogen-bond donors (Lipinski definition) is 3. The summed E-state index contributed by atoms with van der Waals surface area (Å²) < 4.78 is 85.2. The number of nitrogens with one attached hydrogen (secondary N) is 2. The average Bonchev–Trinajstić information content (AvgIpc) is 2.77. The van der Waals surface area contributed by atoms with Gasteiger partial charge in [-0.25, -0.2) is 4.79 Å². The predicted molar refractivity (Wildman–Crippen MR) is 113 cm³/mol. The van der Waals surface area contributed by atoms with Crippen molar-refractivity contribution in [2.75, 3.05) is 13.2 Å². The number of urea groups is 1. The Kier molecular flexibility index (Phi) is 7.47. The van der Waals surface area contributed by atoms with Crippen molar-refractivity contribution in [1.82, 2.24) is 10.6 Å². The van der Waals surface area contributed by atoms with E-state index < -0.39 is 41.2 Å². The van der Waals surface area contributed by atoms with E-state index in [1.165, 1.54) is 6.92 Å². The van der Waals surface area contributed by atoms with E-state index in [9.17, 15) is 31.1 Å². The van der Waals surface area contributed by atoms with Gasteiger partial charge in [-0.15, -0.1) is 0 Å². The number of carbonyl (C=O) groups is 1. The minimum atomic E-state index is -4.94. The molecule has 0 saturated carbocycles. The van der Waals surface area contributed by atoms with Gasteiger partial charge in [-0.3, -0.25) is 0 Å². The molecule has 0 bridgehead atoms. The van der Waals surface area contributed by atoms with E-state index in [0.717, 1.165) is 5.56 Å². The Labute approximate surface area is 192 Å². The summed E-state index contributed by atoms with van der Waals surface area (Å²) in [6.07, 6.45) is -9.88. The number of amides is 2. The maximum Gasteiger partial charge on any atom is 0.416 e. The van der Waals surface area contributed by atoms with Gasteiger partial charge in [0.25, 0.3) is 0 Å². The van der Waals surface area contributed by atoms with E-state index in [-0.39, 0.29) is 24.3 Å². The lowest BCUT2D eigenvalue weighted by Crippen LogP contribution is -2.57. The number of hydrogen-bond acceptors (Lipinski definition) is 3. The molecule has 3 atom stereocenters. The largest absolute Gasteiger partial charge is 0.416 e. The summed E-state index contributed by atoms with van der Waals surface area (Å²) in [6.45, 7) is 1.75. The molecule has 1 aliphatic heterocycles. The van der Waals surface area contributed by atoms with E-state index in [1.54, 1.807) is 0 Å². The molecule has 0 aliphatic carbocycles. The third-order valence-corrected chi connectivity index (χ3v) is 5.94. The molecule has 0 aromatic heterocycles. The predicted octanol–water partition coefficient (Wildman–Crippen LogP) is 5.12. The van der Waals surface area contributed by atoms with Crippen LogP contribution < -0.4 is 16.4 Å². The number of benzene rings is 2. The summed E-state index contributed by atoms with van der Waals surface area (Å²) >= 11 is 0. The lowest BCUT2D eigenvalue weighted by Gasteiger charge is -2.42. The van der Waals surface area contributed by atoms with Gasteiger partial charge in [0.1, 0.15) is 0 Å². The fourth-order valence-corrected chi connectivity index (χ4v) is 4.04. The van der Waals surface area contributed by atoms with Crippen LogP contribution >= 0.6 is 0 Å². The van der Waals surface area contributed by atoms with Crippen LogP contribution in [0.3, 0.4) is 0 Å². The average molecular weight is 489 g/mol. The molecular weight excluding hydrogens is 464 g/mol. The van der Waals surface area contributed by atoms with Gasteiger partial charge in [-0.05, 0) is 49.1 Å². The summed E-state index contributed by atoms with van der Waals surface area (Å²) in [4.78, 5) is 11.2. The molecule has 186 valence electrons. The summed E-state index contributed by atoms with van der Waals surface area (Å²) in [5, 5.41) is 5.95. The fourth-order valence-electron chi connectivity index (χ4n) is 4.04. The molecule has 1 unspecified atom stereocenters. The SMILES string of the molecule is CC(OC[C@@]1(c2ccccc2)CC[C@H](NC(N)=O)CN1)c1cc(C(F)(F)F)cc(C(F)(F)F)c1. The number of ether oxygens (including phenoxy) is 1. The van der Waals surface area contributed by atoms with Gasteiger partial charge in [0.05, 0.1) is 29.4 Å². The van der Waals surface area contributed by atoms with Crippen LogP contribution in [0.1, 0.15) is 48.1 Å². The first-order chi connectivity index (χ1) is 15.8. The quantitative estimate of drug-likeness (QED) is 0.493. The van der Waals surface area contributed by atoms with Gasteiger partial charge in [-0.2, -0.15) is 26.3 Å². The van der Waals surface area contributed by atoms with Crippen LogP contribution in [0.2, 0.25) is 0 Å². The standard InChI is InChI=1S/C23H25F6N3O2/c1-14(15-9-17(22(24,25)26)11-18(10-15)23(27,28)29)34-13-21(16-5-3-2-4-6-16)8-7-19(12-31-21)32-20(30)33/h2-6,9-11,14,19,31H,7-8,12-13H2,1H3,(H3,30,32,33)/t14?,19-,21+/m0/s1. The molecule has 0 spiro atoms. The second kappa shape index (κ2) is 9.83. The van der Waals surface area contributed by atoms with Gasteiger partial charge < -0.3 is 21.1 Å². The third-order valence-electron chi connectivity index (χ3n) is 5.94. The van der Waals surface area contributed by atoms with E-state index in [4.69, 9.17) is 10.5 Å². The molecule has 0 radical (unpaired) electrons. The van der Waals surface area contributed by atoms with Crippen molar-refractivity contribution in [3.05, 3.63) is 70.8 Å². The molecule has 2 aromatic rings. The zero-order valence-corrected chi connectivity index (χ0v) is 18.3. The Hall–Kier alpha value is -2.79. The summed E-state index contributed by atoms with van der Waals surface area (Å²) in [5.41, 5.74) is 2.28. The van der Waals surface area contributed by atoms with E-state index in [1.807, 2.05) is 30.3 Å². The highest BCUT2D eigenvalue weighted by Gasteiger charge is 2.39. The topological polar surface area (TPSA) is 76.4 Å². The molecule has 5 nitrogen and oxygen atoms in total. The molecule has 34 heavy (non-hydrogen) atoms. The first-order valence-corrected chi connectivity index (χ1v) is 10.6. The van der Waals surface area contributed by atoms with Gasteiger partial charge >= 0.3 is 18.4 Å². The maximum absolute atomic E-state index is 13.2. The smallest absolute Gasteiger partial charge is 0.372 e. The minimum absolute atomic E-state index is 0.0148. The number of nitrogens with two attached hydrogens (primary N) is 1. The zero-order valence-electron chi connectivity index (χ0n) is 18.3. The number of alkyl halides is 6. The van der Waals surface area contributed by atoms with Crippen molar-refractivity contribution in [2.45, 2.75) is 49.8 Å². The Morgan fingerprint density at radius 1 is 1.12 bits per heavy atom. The molecule has 4 N–H and O–H groups in total. The van der Waals surface area contributed by atoms with Gasteiger partial charge in [0.2, 0.25) is 0 Å². The molecule has 1 fully saturated rings. The van der Waals surface area contributed by atoms with E-state index in [2.05, 4.69) is 10.6 Å². The second-order valence-corrected chi connectivity index (χ2v) is 8.37. The van der Waals surface area contributed by atoms with Crippen LogP contribution in [0.5, 0.6) is 0 Å². The lowest BCUT2D eigenvalue weighted by molar-refractivity contribution is -0.143. The molecule has 1 heterocycles. The number of primary amides is 1. The maximum atomic E-state index is 13.2. The van der Waals surface area contributed by atoms with E-state index in [0.29, 0.717) is 31.5 Å². The number of halogens is 6. The lowest BCUT2D eigenvalue weighted by atomic mass is 9.81. The van der Waals surface area contributed by atoms with Crippen molar-refractivity contribution in [3.63, 3.8) is 0 Å². The monoisotopic (exact) mass is 489 g/mol. The van der Waals surface area contributed by atoms with Crippen LogP contribution in [-0.2, 0) is 22.6 Å². The van der Waals surface area contributed by atoms with Crippen LogP contribution in [-0.4, -0.2) is 25.2 Å². The van der Waals surface area contributed by atoms with Crippen molar-refractivity contribution in [2.24, 2.45) is 5.73 Å². The van der Waals surface area contributed by atoms with Crippen molar-refractivity contribution in [3.8, 4) is 0 Å². The fraction of sp³-hybridized carbons (Fsp3) is 0.435. The van der Waals surface area contributed by atoms with Crippen LogP contribution in [0.15, 0.2) is 48.5 Å². The number of piperidine rings is 1. The first-order valence-electron chi connectivity index (χ1n) is 10.6. The third kappa shape index (κ3) is 6.20. The number of rotatable bonds is 6. The highest BCUT2D eigenvalue weighted by molar-refractivity contribution is 5.72. The molecule has 2 aromatic carbocycles. The molecular formula is C23H25F6N3O2. The highest BCUT2D eigenvalue weighted by atomic mass is 19.4. The van der Waals surface area contributed by atoms with Gasteiger partial charge in [-0.1, -0.05) is 30.3 Å². The van der Waals surface area contributed by atoms with Crippen molar-refractivity contribution < 1.29 is 35.9 Å². The van der Waals surface area contributed by atoms with Crippen molar-refractivity contribution >= 4 is 6.03 Å². The Morgan fingerprint density at radius 3 is 2.18 bits per heavy atom. The Bertz CT molecular complexity index is 954. The molecule has 1 saturated heterocycles. The summed E-state index contributed by atoms with van der Waals surface area (Å²) in [7, 11) is 0. The zero-order chi connectivity index (χ0) is 25.1. The molecule has 1 aliphatic rings. The first kappa shape index (κ1) is 25.8. The molecule has 2 amide bonds. The molecule has 11 heteroatoms. The Morgan fingerprint density at radius 2 is 1.71 bits per heavy atom. The van der Waals surface area contributed by atoms with Crippen LogP contribution in [0.4, 0.5) is 31.1 Å². The van der Waals surface area contributed by atoms with Gasteiger partial charge in [0, 0.05) is 12.6 Å². The van der Waals surface area contributed by atoms with E-state index >= 15 is 0 Å². The normalized spacial score (nSPS) is 22.3. The van der Waals surface area contributed by atoms with Crippen LogP contribution in [0, 0.1) is 0 Å². The van der Waals surface area contributed by atoms with Crippen LogP contribution in [0.25, 0.3) is 0 Å². The van der Waals surface area contributed by atoms with Crippen molar-refractivity contribution in [1.29, 1.82) is 0 Å². The van der Waals surface area contributed by atoms with Gasteiger partial charge in [0.15, 0.2) is 0 Å². The molecule has 3 rings (SSSR count). The summed E-state index contributed by atoms with van der Waals surface area (Å²) in [6, 6.07) is 9.74.